The molecule has 2 aromatic rings. The number of fused-ring (bicyclic) bond motifs is 1. The predicted octanol–water partition coefficient (Wildman–Crippen LogP) is 1.69. The lowest BCUT2D eigenvalue weighted by atomic mass is 10.1. The zero-order valence-electron chi connectivity index (χ0n) is 10.5. The molecule has 1 aromatic carbocycles. The van der Waals surface area contributed by atoms with Crippen LogP contribution in [-0.4, -0.2) is 48.2 Å². The Balaban J connectivity index is 2.04. The van der Waals surface area contributed by atoms with Crippen LogP contribution in [0, 0.1) is 0 Å². The number of pyridine rings is 1. The fraction of sp³-hybridized carbons (Fsp3) is 0.357. The van der Waals surface area contributed by atoms with Crippen molar-refractivity contribution in [3.63, 3.8) is 0 Å². The molecule has 0 aliphatic carbocycles. The second kappa shape index (κ2) is 4.46. The molecule has 94 valence electrons. The van der Waals surface area contributed by atoms with Gasteiger partial charge < -0.3 is 14.9 Å². The Morgan fingerprint density at radius 2 is 1.89 bits per heavy atom. The van der Waals surface area contributed by atoms with E-state index in [-0.39, 0.29) is 5.75 Å². The van der Waals surface area contributed by atoms with Gasteiger partial charge in [0, 0.05) is 43.4 Å². The summed E-state index contributed by atoms with van der Waals surface area (Å²) in [5, 5.41) is 10.9. The highest BCUT2D eigenvalue weighted by Gasteiger charge is 2.16. The number of likely N-dealkylation sites (N-methyl/N-ethyl adjacent to an activating group) is 1. The molecule has 4 heteroatoms. The van der Waals surface area contributed by atoms with E-state index in [2.05, 4.69) is 21.8 Å². The van der Waals surface area contributed by atoms with Crippen molar-refractivity contribution in [1.82, 2.24) is 9.88 Å². The number of hydrogen-bond donors (Lipinski definition) is 1. The van der Waals surface area contributed by atoms with Gasteiger partial charge in [-0.05, 0) is 19.2 Å². The van der Waals surface area contributed by atoms with Gasteiger partial charge in [-0.2, -0.15) is 0 Å². The topological polar surface area (TPSA) is 39.6 Å². The maximum absolute atomic E-state index is 9.85. The molecule has 0 bridgehead atoms. The fourth-order valence-electron chi connectivity index (χ4n) is 2.47. The number of phenols is 1. The van der Waals surface area contributed by atoms with Gasteiger partial charge in [0.2, 0.25) is 0 Å². The van der Waals surface area contributed by atoms with Crippen LogP contribution < -0.4 is 4.90 Å². The second-order valence-electron chi connectivity index (χ2n) is 4.79. The molecule has 0 radical (unpaired) electrons. The van der Waals surface area contributed by atoms with Crippen molar-refractivity contribution < 1.29 is 5.11 Å². The summed E-state index contributed by atoms with van der Waals surface area (Å²) in [4.78, 5) is 8.96. The SMILES string of the molecule is CN1CCN(c2ccnc3c(O)cccc23)CC1. The van der Waals surface area contributed by atoms with E-state index in [9.17, 15) is 5.11 Å². The van der Waals surface area contributed by atoms with E-state index in [1.165, 1.54) is 5.69 Å². The van der Waals surface area contributed by atoms with E-state index in [1.54, 1.807) is 12.3 Å². The first kappa shape index (κ1) is 11.3. The molecule has 4 nitrogen and oxygen atoms in total. The monoisotopic (exact) mass is 243 g/mol. The number of phenolic OH excluding ortho intramolecular Hbond substituents is 1. The molecule has 1 N–H and O–H groups in total. The van der Waals surface area contributed by atoms with Crippen LogP contribution in [0.1, 0.15) is 0 Å². The first-order valence-corrected chi connectivity index (χ1v) is 6.26. The van der Waals surface area contributed by atoms with Crippen molar-refractivity contribution in [1.29, 1.82) is 0 Å². The number of hydrogen-bond acceptors (Lipinski definition) is 4. The lowest BCUT2D eigenvalue weighted by Crippen LogP contribution is -2.44. The van der Waals surface area contributed by atoms with Crippen LogP contribution in [0.4, 0.5) is 5.69 Å². The number of piperazine rings is 1. The minimum atomic E-state index is 0.253. The van der Waals surface area contributed by atoms with Gasteiger partial charge >= 0.3 is 0 Å². The molecule has 0 saturated carbocycles. The van der Waals surface area contributed by atoms with E-state index >= 15 is 0 Å². The Labute approximate surface area is 106 Å². The molecule has 0 spiro atoms. The third kappa shape index (κ3) is 1.88. The Kier molecular flexibility index (Phi) is 2.80. The third-order valence-electron chi connectivity index (χ3n) is 3.57. The molecule has 3 rings (SSSR count). The fourth-order valence-corrected chi connectivity index (χ4v) is 2.47. The molecule has 1 fully saturated rings. The van der Waals surface area contributed by atoms with Gasteiger partial charge in [-0.15, -0.1) is 0 Å². The molecule has 18 heavy (non-hydrogen) atoms. The van der Waals surface area contributed by atoms with Crippen LogP contribution in [-0.2, 0) is 0 Å². The molecular weight excluding hydrogens is 226 g/mol. The number of benzene rings is 1. The standard InChI is InChI=1S/C14H17N3O/c1-16-7-9-17(10-8-16)12-5-6-15-14-11(12)3-2-4-13(14)18/h2-6,18H,7-10H2,1H3. The average Bonchev–Trinajstić information content (AvgIpc) is 2.40. The Hall–Kier alpha value is -1.81. The summed E-state index contributed by atoms with van der Waals surface area (Å²) in [5.41, 5.74) is 1.86. The maximum Gasteiger partial charge on any atom is 0.141 e. The van der Waals surface area contributed by atoms with Crippen molar-refractivity contribution in [3.05, 3.63) is 30.5 Å². The van der Waals surface area contributed by atoms with Gasteiger partial charge in [0.1, 0.15) is 11.3 Å². The molecule has 1 aromatic heterocycles. The highest BCUT2D eigenvalue weighted by molar-refractivity contribution is 5.94. The highest BCUT2D eigenvalue weighted by atomic mass is 16.3. The van der Waals surface area contributed by atoms with Gasteiger partial charge in [0.15, 0.2) is 0 Å². The van der Waals surface area contributed by atoms with Gasteiger partial charge in [0.05, 0.1) is 0 Å². The smallest absolute Gasteiger partial charge is 0.141 e. The maximum atomic E-state index is 9.85. The molecule has 0 unspecified atom stereocenters. The van der Waals surface area contributed by atoms with Crippen molar-refractivity contribution in [2.24, 2.45) is 0 Å². The predicted molar refractivity (Wildman–Crippen MR) is 73.1 cm³/mol. The average molecular weight is 243 g/mol. The molecule has 1 aliphatic heterocycles. The quantitative estimate of drug-likeness (QED) is 0.827. The largest absolute Gasteiger partial charge is 0.506 e. The normalized spacial score (nSPS) is 17.3. The van der Waals surface area contributed by atoms with E-state index < -0.39 is 0 Å². The minimum absolute atomic E-state index is 0.253. The summed E-state index contributed by atoms with van der Waals surface area (Å²) in [6.45, 7) is 4.18. The molecule has 2 heterocycles. The van der Waals surface area contributed by atoms with Crippen LogP contribution in [0.3, 0.4) is 0 Å². The molecule has 1 saturated heterocycles. The van der Waals surface area contributed by atoms with E-state index in [0.717, 1.165) is 31.6 Å². The summed E-state index contributed by atoms with van der Waals surface area (Å²) in [6, 6.07) is 7.62. The summed E-state index contributed by atoms with van der Waals surface area (Å²) in [5.74, 6) is 0.253. The van der Waals surface area contributed by atoms with Gasteiger partial charge in [-0.25, -0.2) is 0 Å². The first-order chi connectivity index (χ1) is 8.75. The van der Waals surface area contributed by atoms with E-state index in [1.807, 2.05) is 18.2 Å². The summed E-state index contributed by atoms with van der Waals surface area (Å²) < 4.78 is 0. The molecule has 0 atom stereocenters. The third-order valence-corrected chi connectivity index (χ3v) is 3.57. The van der Waals surface area contributed by atoms with Crippen LogP contribution in [0.2, 0.25) is 0 Å². The Morgan fingerprint density at radius 3 is 2.67 bits per heavy atom. The second-order valence-corrected chi connectivity index (χ2v) is 4.79. The van der Waals surface area contributed by atoms with Gasteiger partial charge in [-0.3, -0.25) is 4.98 Å². The van der Waals surface area contributed by atoms with Crippen molar-refractivity contribution in [2.45, 2.75) is 0 Å². The number of nitrogens with zero attached hydrogens (tertiary/aromatic N) is 3. The lowest BCUT2D eigenvalue weighted by Gasteiger charge is -2.34. The van der Waals surface area contributed by atoms with Gasteiger partial charge in [-0.1, -0.05) is 12.1 Å². The van der Waals surface area contributed by atoms with Crippen molar-refractivity contribution in [2.75, 3.05) is 38.1 Å². The first-order valence-electron chi connectivity index (χ1n) is 6.26. The number of aromatic nitrogens is 1. The summed E-state index contributed by atoms with van der Waals surface area (Å²) >= 11 is 0. The number of para-hydroxylation sites is 1. The Morgan fingerprint density at radius 1 is 1.11 bits per heavy atom. The van der Waals surface area contributed by atoms with Crippen LogP contribution >= 0.6 is 0 Å². The van der Waals surface area contributed by atoms with Gasteiger partial charge in [0.25, 0.3) is 0 Å². The summed E-state index contributed by atoms with van der Waals surface area (Å²) in [6.07, 6.45) is 1.77. The van der Waals surface area contributed by atoms with E-state index in [4.69, 9.17) is 0 Å². The van der Waals surface area contributed by atoms with Crippen molar-refractivity contribution >= 4 is 16.6 Å². The zero-order valence-corrected chi connectivity index (χ0v) is 10.5. The van der Waals surface area contributed by atoms with E-state index in [0.29, 0.717) is 5.52 Å². The van der Waals surface area contributed by atoms with Crippen molar-refractivity contribution in [3.8, 4) is 5.75 Å². The van der Waals surface area contributed by atoms with Crippen LogP contribution in [0.5, 0.6) is 5.75 Å². The molecular formula is C14H17N3O. The van der Waals surface area contributed by atoms with Crippen LogP contribution in [0.25, 0.3) is 10.9 Å². The number of anilines is 1. The molecule has 0 amide bonds. The minimum Gasteiger partial charge on any atom is -0.506 e. The highest BCUT2D eigenvalue weighted by Crippen LogP contribution is 2.30. The summed E-state index contributed by atoms with van der Waals surface area (Å²) in [7, 11) is 2.15. The lowest BCUT2D eigenvalue weighted by molar-refractivity contribution is 0.313. The van der Waals surface area contributed by atoms with Crippen LogP contribution in [0.15, 0.2) is 30.5 Å². The Bertz CT molecular complexity index is 562. The number of aromatic hydroxyl groups is 1. The number of rotatable bonds is 1. The molecule has 1 aliphatic rings. The zero-order chi connectivity index (χ0) is 12.5.